The SMILES string of the molecule is Oc1cc2c(cc1O)[C@@H]1c3ccc(CCC4CCCCC4)cc3OCC1C2. The number of aromatic hydroxyl groups is 2. The summed E-state index contributed by atoms with van der Waals surface area (Å²) in [4.78, 5) is 0. The lowest BCUT2D eigenvalue weighted by molar-refractivity contribution is 0.214. The maximum Gasteiger partial charge on any atom is 0.157 e. The number of fused-ring (bicyclic) bond motifs is 5. The Morgan fingerprint density at radius 1 is 0.926 bits per heavy atom. The third-order valence-electron chi connectivity index (χ3n) is 6.96. The van der Waals surface area contributed by atoms with Crippen molar-refractivity contribution in [3.63, 3.8) is 0 Å². The van der Waals surface area contributed by atoms with Crippen molar-refractivity contribution in [2.45, 2.75) is 57.3 Å². The Kier molecular flexibility index (Phi) is 4.26. The van der Waals surface area contributed by atoms with E-state index in [1.165, 1.54) is 49.7 Å². The summed E-state index contributed by atoms with van der Waals surface area (Å²) in [5.41, 5.74) is 4.90. The van der Waals surface area contributed by atoms with Crippen LogP contribution in [-0.2, 0) is 12.8 Å². The molecule has 3 aliphatic rings. The molecule has 0 amide bonds. The topological polar surface area (TPSA) is 49.7 Å². The van der Waals surface area contributed by atoms with Gasteiger partial charge in [-0.2, -0.15) is 0 Å². The molecule has 0 spiro atoms. The fourth-order valence-corrected chi connectivity index (χ4v) is 5.49. The van der Waals surface area contributed by atoms with Crippen molar-refractivity contribution in [1.82, 2.24) is 0 Å². The first-order valence-electron chi connectivity index (χ1n) is 10.5. The van der Waals surface area contributed by atoms with E-state index >= 15 is 0 Å². The van der Waals surface area contributed by atoms with Gasteiger partial charge in [0.15, 0.2) is 11.5 Å². The molecule has 1 heterocycles. The van der Waals surface area contributed by atoms with Crippen LogP contribution in [-0.4, -0.2) is 16.8 Å². The fraction of sp³-hybridized carbons (Fsp3) is 0.500. The molecule has 1 unspecified atom stereocenters. The van der Waals surface area contributed by atoms with Crippen LogP contribution in [0.2, 0.25) is 0 Å². The van der Waals surface area contributed by atoms with Gasteiger partial charge in [0.25, 0.3) is 0 Å². The monoisotopic (exact) mass is 364 g/mol. The smallest absolute Gasteiger partial charge is 0.157 e. The molecule has 2 aromatic rings. The molecule has 5 rings (SSSR count). The molecule has 0 radical (unpaired) electrons. The van der Waals surface area contributed by atoms with E-state index in [-0.39, 0.29) is 17.4 Å². The van der Waals surface area contributed by atoms with Gasteiger partial charge in [0.05, 0.1) is 6.61 Å². The van der Waals surface area contributed by atoms with E-state index in [1.807, 2.05) is 0 Å². The molecule has 2 aromatic carbocycles. The van der Waals surface area contributed by atoms with Crippen molar-refractivity contribution in [1.29, 1.82) is 0 Å². The summed E-state index contributed by atoms with van der Waals surface area (Å²) in [5.74, 6) is 2.53. The van der Waals surface area contributed by atoms with Crippen LogP contribution in [0.15, 0.2) is 30.3 Å². The highest BCUT2D eigenvalue weighted by molar-refractivity contribution is 5.56. The number of benzene rings is 2. The van der Waals surface area contributed by atoms with Crippen molar-refractivity contribution in [2.24, 2.45) is 11.8 Å². The van der Waals surface area contributed by atoms with E-state index in [9.17, 15) is 10.2 Å². The lowest BCUT2D eigenvalue weighted by Gasteiger charge is -2.30. The summed E-state index contributed by atoms with van der Waals surface area (Å²) in [6.45, 7) is 0.708. The summed E-state index contributed by atoms with van der Waals surface area (Å²) in [7, 11) is 0. The number of aryl methyl sites for hydroxylation is 1. The summed E-state index contributed by atoms with van der Waals surface area (Å²) in [6.07, 6.45) is 10.4. The molecule has 0 bridgehead atoms. The number of phenolic OH excluding ortho intramolecular Hbond substituents is 2. The second-order valence-corrected chi connectivity index (χ2v) is 8.71. The van der Waals surface area contributed by atoms with Gasteiger partial charge in [0.2, 0.25) is 0 Å². The number of rotatable bonds is 3. The van der Waals surface area contributed by atoms with Gasteiger partial charge in [0, 0.05) is 17.4 Å². The fourth-order valence-electron chi connectivity index (χ4n) is 5.49. The Hall–Kier alpha value is -2.16. The predicted molar refractivity (Wildman–Crippen MR) is 106 cm³/mol. The summed E-state index contributed by atoms with van der Waals surface area (Å²) >= 11 is 0. The number of phenols is 2. The van der Waals surface area contributed by atoms with Gasteiger partial charge in [-0.1, -0.05) is 44.2 Å². The predicted octanol–water partition coefficient (Wildman–Crippen LogP) is 5.31. The Balaban J connectivity index is 1.39. The molecule has 3 nitrogen and oxygen atoms in total. The maximum atomic E-state index is 9.98. The van der Waals surface area contributed by atoms with E-state index in [4.69, 9.17) is 4.74 Å². The molecule has 27 heavy (non-hydrogen) atoms. The third kappa shape index (κ3) is 3.07. The third-order valence-corrected chi connectivity index (χ3v) is 6.96. The zero-order chi connectivity index (χ0) is 18.4. The lowest BCUT2D eigenvalue weighted by Crippen LogP contribution is -2.24. The van der Waals surface area contributed by atoms with Crippen molar-refractivity contribution < 1.29 is 14.9 Å². The highest BCUT2D eigenvalue weighted by atomic mass is 16.5. The molecular weight excluding hydrogens is 336 g/mol. The first-order chi connectivity index (χ1) is 13.2. The van der Waals surface area contributed by atoms with E-state index in [0.717, 1.165) is 35.6 Å². The van der Waals surface area contributed by atoms with Crippen LogP contribution >= 0.6 is 0 Å². The average Bonchev–Trinajstić information content (AvgIpc) is 3.05. The van der Waals surface area contributed by atoms with E-state index in [1.54, 1.807) is 12.1 Å². The molecule has 2 aliphatic carbocycles. The van der Waals surface area contributed by atoms with Gasteiger partial charge in [-0.3, -0.25) is 0 Å². The average molecular weight is 364 g/mol. The highest BCUT2D eigenvalue weighted by Crippen LogP contribution is 2.50. The zero-order valence-corrected chi connectivity index (χ0v) is 15.8. The Morgan fingerprint density at radius 2 is 1.74 bits per heavy atom. The van der Waals surface area contributed by atoms with E-state index < -0.39 is 0 Å². The minimum absolute atomic E-state index is 0.0217. The van der Waals surface area contributed by atoms with Crippen LogP contribution < -0.4 is 4.74 Å². The standard InChI is InChI=1S/C24H28O3/c25-21-12-17-11-18-14-27-23-10-16(7-6-15-4-2-1-3-5-15)8-9-19(23)24(18)20(17)13-22(21)26/h8-10,12-13,15,18,24-26H,1-7,11,14H2/t18?,24-/m0/s1. The summed E-state index contributed by atoms with van der Waals surface area (Å²) < 4.78 is 6.14. The Labute approximate surface area is 161 Å². The van der Waals surface area contributed by atoms with Crippen molar-refractivity contribution >= 4 is 0 Å². The molecule has 0 saturated heterocycles. The number of hydrogen-bond donors (Lipinski definition) is 2. The molecule has 142 valence electrons. The molecule has 2 N–H and O–H groups in total. The van der Waals surface area contributed by atoms with Gasteiger partial charge in [-0.05, 0) is 60.1 Å². The minimum Gasteiger partial charge on any atom is -0.504 e. The van der Waals surface area contributed by atoms with Crippen LogP contribution in [0.3, 0.4) is 0 Å². The lowest BCUT2D eigenvalue weighted by atomic mass is 9.82. The number of hydrogen-bond acceptors (Lipinski definition) is 3. The van der Waals surface area contributed by atoms with Gasteiger partial charge < -0.3 is 14.9 Å². The van der Waals surface area contributed by atoms with Crippen LogP contribution in [0.5, 0.6) is 17.2 Å². The Morgan fingerprint density at radius 3 is 2.59 bits per heavy atom. The van der Waals surface area contributed by atoms with Crippen LogP contribution in [0.4, 0.5) is 0 Å². The zero-order valence-electron chi connectivity index (χ0n) is 15.8. The van der Waals surface area contributed by atoms with Gasteiger partial charge in [-0.15, -0.1) is 0 Å². The Bertz CT molecular complexity index is 851. The van der Waals surface area contributed by atoms with Crippen molar-refractivity contribution in [3.8, 4) is 17.2 Å². The van der Waals surface area contributed by atoms with Crippen LogP contribution in [0, 0.1) is 11.8 Å². The molecule has 1 aliphatic heterocycles. The number of ether oxygens (including phenoxy) is 1. The minimum atomic E-state index is -0.0217. The molecular formula is C24H28O3. The van der Waals surface area contributed by atoms with E-state index in [2.05, 4.69) is 18.2 Å². The van der Waals surface area contributed by atoms with Gasteiger partial charge in [-0.25, -0.2) is 0 Å². The van der Waals surface area contributed by atoms with Gasteiger partial charge in [0.1, 0.15) is 5.75 Å². The molecule has 0 aromatic heterocycles. The second-order valence-electron chi connectivity index (χ2n) is 8.71. The van der Waals surface area contributed by atoms with Gasteiger partial charge >= 0.3 is 0 Å². The van der Waals surface area contributed by atoms with Crippen molar-refractivity contribution in [2.75, 3.05) is 6.61 Å². The maximum absolute atomic E-state index is 9.98. The van der Waals surface area contributed by atoms with Crippen LogP contribution in [0.25, 0.3) is 0 Å². The largest absolute Gasteiger partial charge is 0.504 e. The summed E-state index contributed by atoms with van der Waals surface area (Å²) in [6, 6.07) is 10.2. The van der Waals surface area contributed by atoms with E-state index in [0.29, 0.717) is 12.5 Å². The summed E-state index contributed by atoms with van der Waals surface area (Å²) in [5, 5.41) is 19.8. The molecule has 1 fully saturated rings. The highest BCUT2D eigenvalue weighted by Gasteiger charge is 2.39. The molecule has 1 saturated carbocycles. The first-order valence-corrected chi connectivity index (χ1v) is 10.5. The van der Waals surface area contributed by atoms with Crippen molar-refractivity contribution in [3.05, 3.63) is 52.6 Å². The quantitative estimate of drug-likeness (QED) is 0.726. The normalized spacial score (nSPS) is 24.0. The second kappa shape index (κ2) is 6.78. The first kappa shape index (κ1) is 17.0. The molecule has 3 heteroatoms. The van der Waals surface area contributed by atoms with Crippen LogP contribution in [0.1, 0.15) is 66.7 Å². The molecule has 2 atom stereocenters.